The van der Waals surface area contributed by atoms with Gasteiger partial charge in [-0.05, 0) is 25.1 Å². The third-order valence-electron chi connectivity index (χ3n) is 2.41. The highest BCUT2D eigenvalue weighted by molar-refractivity contribution is 7.99. The molecule has 0 saturated carbocycles. The molecule has 0 amide bonds. The molecule has 98 valence electrons. The molecular formula is C14H14N2O2S. The molecule has 2 N–H and O–H groups in total. The van der Waals surface area contributed by atoms with Crippen LogP contribution in [0.15, 0.2) is 52.5 Å². The molecule has 0 aliphatic carbocycles. The Balaban J connectivity index is 2.27. The predicted octanol–water partition coefficient (Wildman–Crippen LogP) is 2.99. The quantitative estimate of drug-likeness (QED) is 0.868. The van der Waals surface area contributed by atoms with E-state index in [9.17, 15) is 4.79 Å². The average molecular weight is 274 g/mol. The Morgan fingerprint density at radius 2 is 2.05 bits per heavy atom. The maximum atomic E-state index is 11.7. The summed E-state index contributed by atoms with van der Waals surface area (Å²) < 4.78 is 4.96. The first-order chi connectivity index (χ1) is 9.22. The van der Waals surface area contributed by atoms with E-state index in [2.05, 4.69) is 4.98 Å². The lowest BCUT2D eigenvalue weighted by Gasteiger charge is -2.08. The van der Waals surface area contributed by atoms with Crippen molar-refractivity contribution in [2.45, 2.75) is 16.8 Å². The van der Waals surface area contributed by atoms with Gasteiger partial charge in [-0.1, -0.05) is 30.0 Å². The van der Waals surface area contributed by atoms with E-state index in [1.54, 1.807) is 19.2 Å². The van der Waals surface area contributed by atoms with Crippen LogP contribution in [0.4, 0.5) is 5.69 Å². The van der Waals surface area contributed by atoms with Gasteiger partial charge >= 0.3 is 5.97 Å². The number of hydrogen-bond acceptors (Lipinski definition) is 5. The molecule has 1 aromatic carbocycles. The Morgan fingerprint density at radius 1 is 1.32 bits per heavy atom. The molecule has 1 heterocycles. The Hall–Kier alpha value is -2.01. The van der Waals surface area contributed by atoms with Crippen LogP contribution in [0.3, 0.4) is 0 Å². The number of esters is 1. The fourth-order valence-corrected chi connectivity index (χ4v) is 2.37. The largest absolute Gasteiger partial charge is 0.462 e. The predicted molar refractivity (Wildman–Crippen MR) is 75.2 cm³/mol. The van der Waals surface area contributed by atoms with E-state index in [-0.39, 0.29) is 0 Å². The highest BCUT2D eigenvalue weighted by Gasteiger charge is 2.15. The summed E-state index contributed by atoms with van der Waals surface area (Å²) >= 11 is 1.42. The van der Waals surface area contributed by atoms with Crippen molar-refractivity contribution < 1.29 is 9.53 Å². The van der Waals surface area contributed by atoms with Crippen LogP contribution >= 0.6 is 11.8 Å². The van der Waals surface area contributed by atoms with Crippen molar-refractivity contribution in [3.05, 3.63) is 48.2 Å². The van der Waals surface area contributed by atoms with Crippen LogP contribution in [0, 0.1) is 0 Å². The second-order valence-electron chi connectivity index (χ2n) is 3.71. The lowest BCUT2D eigenvalue weighted by Crippen LogP contribution is -2.09. The van der Waals surface area contributed by atoms with Crippen molar-refractivity contribution in [3.63, 3.8) is 0 Å². The highest BCUT2D eigenvalue weighted by atomic mass is 32.2. The molecule has 0 bridgehead atoms. The maximum absolute atomic E-state index is 11.7. The average Bonchev–Trinajstić information content (AvgIpc) is 2.42. The second kappa shape index (κ2) is 6.24. The molecule has 2 rings (SSSR count). The molecule has 2 aromatic rings. The molecule has 0 saturated heterocycles. The van der Waals surface area contributed by atoms with E-state index >= 15 is 0 Å². The highest BCUT2D eigenvalue weighted by Crippen LogP contribution is 2.31. The maximum Gasteiger partial charge on any atom is 0.340 e. The number of ether oxygens (including phenoxy) is 1. The van der Waals surface area contributed by atoms with Gasteiger partial charge in [0.2, 0.25) is 0 Å². The molecule has 0 atom stereocenters. The van der Waals surface area contributed by atoms with Gasteiger partial charge < -0.3 is 10.5 Å². The van der Waals surface area contributed by atoms with E-state index in [1.165, 1.54) is 11.8 Å². The van der Waals surface area contributed by atoms with Gasteiger partial charge in [-0.2, -0.15) is 0 Å². The van der Waals surface area contributed by atoms with E-state index in [0.717, 1.165) is 4.90 Å². The minimum absolute atomic E-state index is 0.321. The van der Waals surface area contributed by atoms with Gasteiger partial charge in [0.15, 0.2) is 0 Å². The summed E-state index contributed by atoms with van der Waals surface area (Å²) in [5.74, 6) is -0.419. The number of carbonyl (C=O) groups excluding carboxylic acids is 1. The number of nitrogens with zero attached hydrogens (tertiary/aromatic N) is 1. The Kier molecular flexibility index (Phi) is 4.41. The molecule has 0 aliphatic rings. The normalized spacial score (nSPS) is 10.2. The number of carbonyl (C=O) groups is 1. The zero-order valence-electron chi connectivity index (χ0n) is 10.5. The minimum atomic E-state index is -0.419. The van der Waals surface area contributed by atoms with Crippen LogP contribution in [-0.2, 0) is 4.74 Å². The standard InChI is InChI=1S/C14H14N2O2S/c1-2-18-14(17)11-8-9-16-13(12(11)15)19-10-6-4-3-5-7-10/h3-9H,2,15H2,1H3. The number of pyridine rings is 1. The first-order valence-electron chi connectivity index (χ1n) is 5.87. The van der Waals surface area contributed by atoms with Crippen molar-refractivity contribution in [3.8, 4) is 0 Å². The molecule has 5 heteroatoms. The summed E-state index contributed by atoms with van der Waals surface area (Å²) in [4.78, 5) is 17.0. The molecule has 0 unspecified atom stereocenters. The fourth-order valence-electron chi connectivity index (χ4n) is 1.52. The number of hydrogen-bond donors (Lipinski definition) is 1. The minimum Gasteiger partial charge on any atom is -0.462 e. The molecule has 0 spiro atoms. The van der Waals surface area contributed by atoms with Crippen LogP contribution < -0.4 is 5.73 Å². The van der Waals surface area contributed by atoms with Crippen LogP contribution in [0.2, 0.25) is 0 Å². The van der Waals surface area contributed by atoms with Crippen LogP contribution in [0.25, 0.3) is 0 Å². The van der Waals surface area contributed by atoms with Gasteiger partial charge in [0, 0.05) is 11.1 Å². The van der Waals surface area contributed by atoms with Gasteiger partial charge in [0.1, 0.15) is 5.03 Å². The third kappa shape index (κ3) is 3.26. The number of aromatic nitrogens is 1. The Bertz CT molecular complexity index is 573. The van der Waals surface area contributed by atoms with Crippen LogP contribution in [-0.4, -0.2) is 17.6 Å². The van der Waals surface area contributed by atoms with Gasteiger partial charge in [-0.15, -0.1) is 0 Å². The second-order valence-corrected chi connectivity index (χ2v) is 4.78. The topological polar surface area (TPSA) is 65.2 Å². The SMILES string of the molecule is CCOC(=O)c1ccnc(Sc2ccccc2)c1N. The summed E-state index contributed by atoms with van der Waals surface area (Å²) in [6.45, 7) is 2.08. The number of anilines is 1. The van der Waals surface area contributed by atoms with Gasteiger partial charge in [0.05, 0.1) is 17.9 Å². The van der Waals surface area contributed by atoms with E-state index in [1.807, 2.05) is 30.3 Å². The van der Waals surface area contributed by atoms with Gasteiger partial charge in [-0.25, -0.2) is 9.78 Å². The zero-order chi connectivity index (χ0) is 13.7. The zero-order valence-corrected chi connectivity index (χ0v) is 11.3. The van der Waals surface area contributed by atoms with Gasteiger partial charge in [0.25, 0.3) is 0 Å². The smallest absolute Gasteiger partial charge is 0.340 e. The molecular weight excluding hydrogens is 260 g/mol. The van der Waals surface area contributed by atoms with Crippen molar-refractivity contribution in [2.24, 2.45) is 0 Å². The summed E-state index contributed by atoms with van der Waals surface area (Å²) in [6.07, 6.45) is 1.56. The summed E-state index contributed by atoms with van der Waals surface area (Å²) in [7, 11) is 0. The number of benzene rings is 1. The number of rotatable bonds is 4. The van der Waals surface area contributed by atoms with Crippen LogP contribution in [0.5, 0.6) is 0 Å². The van der Waals surface area contributed by atoms with E-state index in [0.29, 0.717) is 22.9 Å². The molecule has 0 fully saturated rings. The van der Waals surface area contributed by atoms with Crippen molar-refractivity contribution in [2.75, 3.05) is 12.3 Å². The molecule has 4 nitrogen and oxygen atoms in total. The van der Waals surface area contributed by atoms with E-state index < -0.39 is 5.97 Å². The first kappa shape index (κ1) is 13.4. The monoisotopic (exact) mass is 274 g/mol. The Morgan fingerprint density at radius 3 is 2.74 bits per heavy atom. The van der Waals surface area contributed by atoms with E-state index in [4.69, 9.17) is 10.5 Å². The third-order valence-corrected chi connectivity index (χ3v) is 3.43. The summed E-state index contributed by atoms with van der Waals surface area (Å²) in [5.41, 5.74) is 6.69. The Labute approximate surface area is 116 Å². The molecule has 1 aromatic heterocycles. The molecule has 19 heavy (non-hydrogen) atoms. The lowest BCUT2D eigenvalue weighted by atomic mass is 10.2. The fraction of sp³-hybridized carbons (Fsp3) is 0.143. The van der Waals surface area contributed by atoms with Gasteiger partial charge in [-0.3, -0.25) is 0 Å². The van der Waals surface area contributed by atoms with Crippen molar-refractivity contribution in [1.82, 2.24) is 4.98 Å². The van der Waals surface area contributed by atoms with Crippen molar-refractivity contribution >= 4 is 23.4 Å². The summed E-state index contributed by atoms with van der Waals surface area (Å²) in [5, 5.41) is 0.608. The molecule has 0 radical (unpaired) electrons. The summed E-state index contributed by atoms with van der Waals surface area (Å²) in [6, 6.07) is 11.3. The van der Waals surface area contributed by atoms with Crippen LogP contribution in [0.1, 0.15) is 17.3 Å². The number of nitrogens with two attached hydrogens (primary N) is 1. The molecule has 0 aliphatic heterocycles. The number of nitrogen functional groups attached to an aromatic ring is 1. The first-order valence-corrected chi connectivity index (χ1v) is 6.68. The van der Waals surface area contributed by atoms with Crippen molar-refractivity contribution in [1.29, 1.82) is 0 Å². The lowest BCUT2D eigenvalue weighted by molar-refractivity contribution is 0.0527.